The molecule has 2 aromatic rings. The van der Waals surface area contributed by atoms with Crippen molar-refractivity contribution < 1.29 is 15.0 Å². The number of aliphatic hydroxyl groups excluding tert-OH is 1. The quantitative estimate of drug-likeness (QED) is 0.909. The van der Waals surface area contributed by atoms with Crippen molar-refractivity contribution in [2.24, 2.45) is 0 Å². The van der Waals surface area contributed by atoms with Gasteiger partial charge in [0.2, 0.25) is 0 Å². The van der Waals surface area contributed by atoms with E-state index in [1.807, 2.05) is 0 Å². The van der Waals surface area contributed by atoms with Gasteiger partial charge in [0.15, 0.2) is 5.69 Å². The van der Waals surface area contributed by atoms with Crippen molar-refractivity contribution in [2.75, 3.05) is 6.61 Å². The van der Waals surface area contributed by atoms with Gasteiger partial charge in [-0.1, -0.05) is 23.2 Å². The molecule has 5 nitrogen and oxygen atoms in total. The maximum atomic E-state index is 11.1. The van der Waals surface area contributed by atoms with Gasteiger partial charge in [0.25, 0.3) is 0 Å². The van der Waals surface area contributed by atoms with Crippen LogP contribution in [0.5, 0.6) is 0 Å². The molecule has 0 saturated heterocycles. The fourth-order valence-electron chi connectivity index (χ4n) is 1.68. The molecule has 1 aromatic heterocycles. The van der Waals surface area contributed by atoms with Crippen LogP contribution in [-0.4, -0.2) is 32.6 Å². The summed E-state index contributed by atoms with van der Waals surface area (Å²) in [7, 11) is 0. The van der Waals surface area contributed by atoms with Gasteiger partial charge in [0, 0.05) is 23.4 Å². The number of aliphatic hydroxyl groups is 1. The highest BCUT2D eigenvalue weighted by Gasteiger charge is 2.17. The molecule has 1 heterocycles. The van der Waals surface area contributed by atoms with Crippen LogP contribution in [0, 0.1) is 0 Å². The van der Waals surface area contributed by atoms with E-state index < -0.39 is 5.97 Å². The Labute approximate surface area is 119 Å². The van der Waals surface area contributed by atoms with Gasteiger partial charge in [0.1, 0.15) is 0 Å². The molecule has 2 rings (SSSR count). The molecule has 0 aliphatic carbocycles. The molecule has 2 N–H and O–H groups in total. The third-order valence-corrected chi connectivity index (χ3v) is 3.08. The van der Waals surface area contributed by atoms with Crippen molar-refractivity contribution in [2.45, 2.75) is 6.42 Å². The Hall–Kier alpha value is -1.56. The normalized spacial score (nSPS) is 10.7. The molecule has 0 amide bonds. The van der Waals surface area contributed by atoms with E-state index in [2.05, 4.69) is 5.10 Å². The number of hydrogen-bond donors (Lipinski definition) is 2. The molecule has 0 spiro atoms. The molecule has 0 aliphatic rings. The highest BCUT2D eigenvalue weighted by molar-refractivity contribution is 6.34. The van der Waals surface area contributed by atoms with Crippen LogP contribution < -0.4 is 0 Å². The summed E-state index contributed by atoms with van der Waals surface area (Å²) < 4.78 is 1.35. The molecular weight excluding hydrogens is 291 g/mol. The molecular formula is C12H10Cl2N2O3. The zero-order valence-corrected chi connectivity index (χ0v) is 11.2. The van der Waals surface area contributed by atoms with Gasteiger partial charge in [-0.05, 0) is 24.6 Å². The van der Waals surface area contributed by atoms with Crippen LogP contribution in [0.2, 0.25) is 10.0 Å². The van der Waals surface area contributed by atoms with E-state index in [0.29, 0.717) is 21.3 Å². The van der Waals surface area contributed by atoms with E-state index in [1.54, 1.807) is 18.2 Å². The van der Waals surface area contributed by atoms with Crippen molar-refractivity contribution in [3.05, 3.63) is 45.7 Å². The number of carbonyl (C=O) groups is 1. The van der Waals surface area contributed by atoms with E-state index in [9.17, 15) is 4.79 Å². The van der Waals surface area contributed by atoms with Crippen LogP contribution in [0.25, 0.3) is 5.69 Å². The van der Waals surface area contributed by atoms with Crippen molar-refractivity contribution in [1.29, 1.82) is 0 Å². The van der Waals surface area contributed by atoms with Crippen molar-refractivity contribution in [3.63, 3.8) is 0 Å². The fourth-order valence-corrected chi connectivity index (χ4v) is 2.05. The lowest BCUT2D eigenvalue weighted by atomic mass is 10.2. The first kappa shape index (κ1) is 13.9. The Morgan fingerprint density at radius 2 is 2.11 bits per heavy atom. The largest absolute Gasteiger partial charge is 0.476 e. The Kier molecular flexibility index (Phi) is 4.09. The number of carboxylic acid groups (broad SMARTS) is 1. The van der Waals surface area contributed by atoms with Crippen molar-refractivity contribution in [1.82, 2.24) is 9.78 Å². The second-order valence-electron chi connectivity index (χ2n) is 3.82. The average molecular weight is 301 g/mol. The van der Waals surface area contributed by atoms with E-state index in [4.69, 9.17) is 33.4 Å². The van der Waals surface area contributed by atoms with Crippen LogP contribution in [0.1, 0.15) is 16.1 Å². The zero-order chi connectivity index (χ0) is 14.0. The lowest BCUT2D eigenvalue weighted by molar-refractivity contribution is 0.0688. The summed E-state index contributed by atoms with van der Waals surface area (Å²) in [4.78, 5) is 11.1. The van der Waals surface area contributed by atoms with Crippen LogP contribution in [0.4, 0.5) is 0 Å². The first-order valence-corrected chi connectivity index (χ1v) is 6.16. The molecule has 7 heteroatoms. The van der Waals surface area contributed by atoms with Crippen molar-refractivity contribution in [3.8, 4) is 5.69 Å². The van der Waals surface area contributed by atoms with Crippen LogP contribution in [0.15, 0.2) is 24.4 Å². The number of aromatic nitrogens is 2. The fraction of sp³-hybridized carbons (Fsp3) is 0.167. The third-order valence-electron chi connectivity index (χ3n) is 2.53. The topological polar surface area (TPSA) is 75.3 Å². The number of carboxylic acids is 1. The Morgan fingerprint density at radius 1 is 1.37 bits per heavy atom. The molecule has 0 radical (unpaired) electrons. The van der Waals surface area contributed by atoms with Gasteiger partial charge in [-0.2, -0.15) is 5.10 Å². The van der Waals surface area contributed by atoms with Crippen molar-refractivity contribution >= 4 is 29.2 Å². The first-order chi connectivity index (χ1) is 9.02. The molecule has 0 aliphatic heterocycles. The summed E-state index contributed by atoms with van der Waals surface area (Å²) in [5.41, 5.74) is 0.817. The maximum absolute atomic E-state index is 11.1. The molecule has 0 saturated carbocycles. The summed E-state index contributed by atoms with van der Waals surface area (Å²) in [6.07, 6.45) is 1.73. The van der Waals surface area contributed by atoms with Gasteiger partial charge < -0.3 is 10.2 Å². The number of hydrogen-bond acceptors (Lipinski definition) is 3. The van der Waals surface area contributed by atoms with Gasteiger partial charge >= 0.3 is 5.97 Å². The minimum atomic E-state index is -1.15. The summed E-state index contributed by atoms with van der Waals surface area (Å²) in [5.74, 6) is -1.15. The number of aromatic carboxylic acids is 1. The minimum Gasteiger partial charge on any atom is -0.476 e. The monoisotopic (exact) mass is 300 g/mol. The summed E-state index contributed by atoms with van der Waals surface area (Å²) in [6.45, 7) is -0.157. The zero-order valence-electron chi connectivity index (χ0n) is 9.68. The third kappa shape index (κ3) is 2.89. The molecule has 0 unspecified atom stereocenters. The molecule has 0 bridgehead atoms. The number of benzene rings is 1. The standard InChI is InChI=1S/C12H10Cl2N2O3/c13-8-1-2-9(14)10(5-8)16-6-7(3-4-17)11(15-16)12(18)19/h1-2,5-6,17H,3-4H2,(H,18,19). The number of nitrogens with zero attached hydrogens (tertiary/aromatic N) is 2. The number of halogens is 2. The van der Waals surface area contributed by atoms with Gasteiger partial charge in [-0.25, -0.2) is 9.48 Å². The summed E-state index contributed by atoms with van der Waals surface area (Å²) >= 11 is 11.9. The SMILES string of the molecule is O=C(O)c1nn(-c2cc(Cl)ccc2Cl)cc1CCO. The minimum absolute atomic E-state index is 0.106. The van der Waals surface area contributed by atoms with E-state index >= 15 is 0 Å². The predicted octanol–water partition coefficient (Wildman–Crippen LogP) is 2.41. The Morgan fingerprint density at radius 3 is 2.74 bits per heavy atom. The molecule has 0 atom stereocenters. The average Bonchev–Trinajstić information content (AvgIpc) is 2.77. The molecule has 0 fully saturated rings. The molecule has 19 heavy (non-hydrogen) atoms. The Balaban J connectivity index is 2.53. The van der Waals surface area contributed by atoms with E-state index in [0.717, 1.165) is 0 Å². The van der Waals surface area contributed by atoms with Gasteiger partial charge in [-0.3, -0.25) is 0 Å². The summed E-state index contributed by atoms with van der Waals surface area (Å²) in [5, 5.41) is 22.8. The summed E-state index contributed by atoms with van der Waals surface area (Å²) in [6, 6.07) is 4.82. The van der Waals surface area contributed by atoms with Gasteiger partial charge in [-0.15, -0.1) is 0 Å². The van der Waals surface area contributed by atoms with Crippen LogP contribution in [-0.2, 0) is 6.42 Å². The predicted molar refractivity (Wildman–Crippen MR) is 71.3 cm³/mol. The van der Waals surface area contributed by atoms with Crippen LogP contribution in [0.3, 0.4) is 0 Å². The van der Waals surface area contributed by atoms with Crippen LogP contribution >= 0.6 is 23.2 Å². The first-order valence-electron chi connectivity index (χ1n) is 5.41. The smallest absolute Gasteiger partial charge is 0.356 e. The maximum Gasteiger partial charge on any atom is 0.356 e. The molecule has 100 valence electrons. The highest BCUT2D eigenvalue weighted by Crippen LogP contribution is 2.25. The lowest BCUT2D eigenvalue weighted by Crippen LogP contribution is -2.04. The van der Waals surface area contributed by atoms with E-state index in [1.165, 1.54) is 10.9 Å². The number of rotatable bonds is 4. The molecule has 1 aromatic carbocycles. The lowest BCUT2D eigenvalue weighted by Gasteiger charge is -2.04. The Bertz CT molecular complexity index is 625. The van der Waals surface area contributed by atoms with E-state index in [-0.39, 0.29) is 18.7 Å². The second-order valence-corrected chi connectivity index (χ2v) is 4.67. The van der Waals surface area contributed by atoms with Gasteiger partial charge in [0.05, 0.1) is 10.7 Å². The second kappa shape index (κ2) is 5.61. The highest BCUT2D eigenvalue weighted by atomic mass is 35.5.